The average molecular weight is 171 g/mol. The lowest BCUT2D eigenvalue weighted by Crippen LogP contribution is -2.23. The van der Waals surface area contributed by atoms with Crippen LogP contribution in [0, 0.1) is 0 Å². The van der Waals surface area contributed by atoms with E-state index in [1.807, 2.05) is 13.5 Å². The molecule has 0 spiro atoms. The largest absolute Gasteiger partial charge is 0.371 e. The molecule has 1 aliphatic heterocycles. The van der Waals surface area contributed by atoms with Gasteiger partial charge in [0.15, 0.2) is 0 Å². The van der Waals surface area contributed by atoms with Crippen molar-refractivity contribution < 1.29 is 4.74 Å². The van der Waals surface area contributed by atoms with Gasteiger partial charge in [-0.3, -0.25) is 0 Å². The van der Waals surface area contributed by atoms with E-state index in [1.54, 1.807) is 0 Å². The lowest BCUT2D eigenvalue weighted by Gasteiger charge is -2.02. The van der Waals surface area contributed by atoms with Gasteiger partial charge in [-0.1, -0.05) is 0 Å². The molecule has 0 saturated carbocycles. The summed E-state index contributed by atoms with van der Waals surface area (Å²) in [6.45, 7) is 1.90. The first-order valence-electron chi connectivity index (χ1n) is 2.55. The van der Waals surface area contributed by atoms with Gasteiger partial charge in [-0.25, -0.2) is 0 Å². The third-order valence-electron chi connectivity index (χ3n) is 1.21. The molecule has 1 heterocycles. The summed E-state index contributed by atoms with van der Waals surface area (Å²) >= 11 is 11.6. The molecule has 0 radical (unpaired) electrons. The monoisotopic (exact) mass is 170 g/mol. The fourth-order valence-electron chi connectivity index (χ4n) is 0.717. The van der Waals surface area contributed by atoms with Crippen LogP contribution in [-0.4, -0.2) is 18.5 Å². The van der Waals surface area contributed by atoms with Crippen molar-refractivity contribution in [3.8, 4) is 0 Å². The molecule has 1 saturated heterocycles. The van der Waals surface area contributed by atoms with Crippen molar-refractivity contribution in [1.29, 1.82) is 0 Å². The number of halogens is 2. The molecular formula is C4H8Cl2OSi. The van der Waals surface area contributed by atoms with E-state index in [0.717, 1.165) is 0 Å². The molecule has 0 bridgehead atoms. The Balaban J connectivity index is 2.39. The molecule has 4 heteroatoms. The summed E-state index contributed by atoms with van der Waals surface area (Å²) in [6.07, 6.45) is 0.307. The van der Waals surface area contributed by atoms with Crippen LogP contribution in [0.15, 0.2) is 0 Å². The Hall–Kier alpha value is 0.757. The SMILES string of the molecule is CC1OC1[Si](C)(Cl)Cl. The molecule has 48 valence electrons. The molecule has 0 amide bonds. The third kappa shape index (κ3) is 1.38. The van der Waals surface area contributed by atoms with Gasteiger partial charge < -0.3 is 4.74 Å². The maximum absolute atomic E-state index is 5.80. The zero-order chi connectivity index (χ0) is 6.36. The molecule has 0 N–H and O–H groups in total. The zero-order valence-corrected chi connectivity index (χ0v) is 7.33. The highest BCUT2D eigenvalue weighted by atomic mass is 35.7. The van der Waals surface area contributed by atoms with E-state index in [1.165, 1.54) is 0 Å². The molecule has 1 fully saturated rings. The van der Waals surface area contributed by atoms with E-state index in [-0.39, 0.29) is 5.73 Å². The van der Waals surface area contributed by atoms with Crippen molar-refractivity contribution in [3.05, 3.63) is 0 Å². The van der Waals surface area contributed by atoms with Crippen molar-refractivity contribution in [1.82, 2.24) is 0 Å². The molecule has 0 aromatic rings. The van der Waals surface area contributed by atoms with Crippen LogP contribution < -0.4 is 0 Å². The Labute approximate surface area is 59.3 Å². The van der Waals surface area contributed by atoms with Crippen molar-refractivity contribution in [2.45, 2.75) is 25.3 Å². The van der Waals surface area contributed by atoms with E-state index in [9.17, 15) is 0 Å². The summed E-state index contributed by atoms with van der Waals surface area (Å²) in [5, 5.41) is 0. The molecule has 2 atom stereocenters. The molecule has 8 heavy (non-hydrogen) atoms. The van der Waals surface area contributed by atoms with Gasteiger partial charge in [0.1, 0.15) is 5.73 Å². The van der Waals surface area contributed by atoms with Crippen molar-refractivity contribution >= 4 is 28.9 Å². The van der Waals surface area contributed by atoms with Crippen LogP contribution in [-0.2, 0) is 4.74 Å². The minimum absolute atomic E-state index is 0.186. The lowest BCUT2D eigenvalue weighted by molar-refractivity contribution is 0.409. The van der Waals surface area contributed by atoms with Gasteiger partial charge in [-0.05, 0) is 13.5 Å². The Morgan fingerprint density at radius 1 is 1.50 bits per heavy atom. The summed E-state index contributed by atoms with van der Waals surface area (Å²) in [5.74, 6) is 0. The molecule has 1 aliphatic rings. The van der Waals surface area contributed by atoms with E-state index >= 15 is 0 Å². The molecule has 2 unspecified atom stereocenters. The Bertz CT molecular complexity index is 101. The van der Waals surface area contributed by atoms with Gasteiger partial charge in [0.25, 0.3) is 6.69 Å². The first-order valence-corrected chi connectivity index (χ1v) is 7.15. The third-order valence-corrected chi connectivity index (χ3v) is 4.11. The van der Waals surface area contributed by atoms with Gasteiger partial charge in [-0.2, -0.15) is 0 Å². The molecule has 0 aromatic carbocycles. The van der Waals surface area contributed by atoms with Crippen LogP contribution in [0.4, 0.5) is 0 Å². The van der Waals surface area contributed by atoms with Crippen molar-refractivity contribution in [2.24, 2.45) is 0 Å². The van der Waals surface area contributed by atoms with Crippen molar-refractivity contribution in [3.63, 3.8) is 0 Å². The van der Waals surface area contributed by atoms with E-state index in [0.29, 0.717) is 6.10 Å². The summed E-state index contributed by atoms with van der Waals surface area (Å²) in [7, 11) is 0. The molecule has 1 nitrogen and oxygen atoms in total. The molecular weight excluding hydrogens is 163 g/mol. The van der Waals surface area contributed by atoms with Crippen LogP contribution >= 0.6 is 22.2 Å². The number of rotatable bonds is 1. The van der Waals surface area contributed by atoms with Crippen LogP contribution in [0.1, 0.15) is 6.92 Å². The molecule has 1 rings (SSSR count). The number of hydrogen-bond acceptors (Lipinski definition) is 1. The standard InChI is InChI=1S/C4H8Cl2OSi/c1-3-4(7-3)8(2,5)6/h3-4H,1-2H3. The second-order valence-corrected chi connectivity index (χ2v) is 9.99. The van der Waals surface area contributed by atoms with E-state index in [2.05, 4.69) is 0 Å². The predicted octanol–water partition coefficient (Wildman–Crippen LogP) is 1.86. The van der Waals surface area contributed by atoms with Gasteiger partial charge in [0, 0.05) is 0 Å². The molecule has 0 aliphatic carbocycles. The van der Waals surface area contributed by atoms with Crippen molar-refractivity contribution in [2.75, 3.05) is 0 Å². The predicted molar refractivity (Wildman–Crippen MR) is 37.7 cm³/mol. The smallest absolute Gasteiger partial charge is 0.278 e. The minimum atomic E-state index is -1.96. The second kappa shape index (κ2) is 1.87. The lowest BCUT2D eigenvalue weighted by atomic mass is 10.6. The summed E-state index contributed by atoms with van der Waals surface area (Å²) in [5.41, 5.74) is 0.186. The molecule has 0 aromatic heterocycles. The van der Waals surface area contributed by atoms with Crippen LogP contribution in [0.3, 0.4) is 0 Å². The number of ether oxygens (including phenoxy) is 1. The van der Waals surface area contributed by atoms with Crippen LogP contribution in [0.5, 0.6) is 0 Å². The number of hydrogen-bond donors (Lipinski definition) is 0. The van der Waals surface area contributed by atoms with Gasteiger partial charge in [0.05, 0.1) is 6.10 Å². The topological polar surface area (TPSA) is 12.5 Å². The first kappa shape index (κ1) is 6.87. The fourth-order valence-corrected chi connectivity index (χ4v) is 3.37. The number of epoxide rings is 1. The van der Waals surface area contributed by atoms with E-state index in [4.69, 9.17) is 26.9 Å². The highest BCUT2D eigenvalue weighted by Crippen LogP contribution is 2.35. The summed E-state index contributed by atoms with van der Waals surface area (Å²) < 4.78 is 5.08. The van der Waals surface area contributed by atoms with E-state index < -0.39 is 6.69 Å². The maximum atomic E-state index is 5.80. The van der Waals surface area contributed by atoms with Crippen LogP contribution in [0.25, 0.3) is 0 Å². The highest BCUT2D eigenvalue weighted by Gasteiger charge is 2.50. The average Bonchev–Trinajstić information content (AvgIpc) is 2.13. The highest BCUT2D eigenvalue weighted by molar-refractivity contribution is 7.45. The maximum Gasteiger partial charge on any atom is 0.278 e. The van der Waals surface area contributed by atoms with Gasteiger partial charge in [0.2, 0.25) is 0 Å². The minimum Gasteiger partial charge on any atom is -0.371 e. The van der Waals surface area contributed by atoms with Gasteiger partial charge >= 0.3 is 0 Å². The summed E-state index contributed by atoms with van der Waals surface area (Å²) in [4.78, 5) is 0. The Morgan fingerprint density at radius 2 is 1.88 bits per heavy atom. The summed E-state index contributed by atoms with van der Waals surface area (Å²) in [6, 6.07) is 0. The Kier molecular flexibility index (Phi) is 1.61. The quantitative estimate of drug-likeness (QED) is 0.333. The fraction of sp³-hybridized carbons (Fsp3) is 1.00. The zero-order valence-electron chi connectivity index (χ0n) is 4.82. The first-order chi connectivity index (χ1) is 3.52. The normalized spacial score (nSPS) is 37.5. The Morgan fingerprint density at radius 3 is 1.88 bits per heavy atom. The van der Waals surface area contributed by atoms with Gasteiger partial charge in [-0.15, -0.1) is 22.2 Å². The second-order valence-electron chi connectivity index (χ2n) is 2.22. The van der Waals surface area contributed by atoms with Crippen LogP contribution in [0.2, 0.25) is 6.55 Å².